The van der Waals surface area contributed by atoms with Gasteiger partial charge in [0.2, 0.25) is 0 Å². The van der Waals surface area contributed by atoms with Gasteiger partial charge in [0.05, 0.1) is 0 Å². The smallest absolute Gasteiger partial charge is 0.306 e. The molecule has 0 aliphatic rings. The summed E-state index contributed by atoms with van der Waals surface area (Å²) in [6, 6.07) is 0. The molecule has 0 aromatic rings. The van der Waals surface area contributed by atoms with E-state index in [9.17, 15) is 14.4 Å². The van der Waals surface area contributed by atoms with Crippen LogP contribution >= 0.6 is 0 Å². The number of carbonyl (C=O) groups is 3. The molecule has 0 saturated heterocycles. The maximum Gasteiger partial charge on any atom is 0.306 e. The molecule has 0 aromatic heterocycles. The molecule has 1 atom stereocenters. The highest BCUT2D eigenvalue weighted by Gasteiger charge is 2.19. The Morgan fingerprint density at radius 3 is 0.597 bits per heavy atom. The van der Waals surface area contributed by atoms with Gasteiger partial charge >= 0.3 is 17.9 Å². The highest BCUT2D eigenvalue weighted by molar-refractivity contribution is 5.71. The number of unbranched alkanes of at least 4 members (excludes halogenated alkanes) is 46. The minimum absolute atomic E-state index is 0.0608. The zero-order valence-electron chi connectivity index (χ0n) is 45.7. The van der Waals surface area contributed by atoms with Crippen molar-refractivity contribution < 1.29 is 28.6 Å². The molecule has 0 amide bonds. The predicted molar refractivity (Wildman–Crippen MR) is 289 cm³/mol. The van der Waals surface area contributed by atoms with Crippen LogP contribution in [0.3, 0.4) is 0 Å². The van der Waals surface area contributed by atoms with Gasteiger partial charge in [0.1, 0.15) is 13.2 Å². The van der Waals surface area contributed by atoms with E-state index in [-0.39, 0.29) is 31.1 Å². The molecule has 67 heavy (non-hydrogen) atoms. The third kappa shape index (κ3) is 55.2. The van der Waals surface area contributed by atoms with E-state index >= 15 is 0 Å². The molecule has 0 aliphatic heterocycles. The summed E-state index contributed by atoms with van der Waals surface area (Å²) >= 11 is 0. The van der Waals surface area contributed by atoms with Crippen LogP contribution in [0.5, 0.6) is 0 Å². The lowest BCUT2D eigenvalue weighted by Gasteiger charge is -2.18. The van der Waals surface area contributed by atoms with Gasteiger partial charge in [-0.05, 0) is 19.3 Å². The first-order chi connectivity index (χ1) is 33.0. The molecule has 0 heterocycles. The van der Waals surface area contributed by atoms with Crippen LogP contribution in [0.15, 0.2) is 0 Å². The molecule has 0 N–H and O–H groups in total. The SMILES string of the molecule is CCCCCCCCCCCCCCCCCCCCCCCC(=O)OCC(COC(=O)CCCCCCCCCCCCCCC)OC(=O)CCCCCCCCCCCCCCCCC. The molecule has 0 bridgehead atoms. The van der Waals surface area contributed by atoms with E-state index in [0.29, 0.717) is 19.3 Å². The van der Waals surface area contributed by atoms with Gasteiger partial charge in [-0.1, -0.05) is 316 Å². The Morgan fingerprint density at radius 2 is 0.403 bits per heavy atom. The van der Waals surface area contributed by atoms with Crippen molar-refractivity contribution in [2.45, 2.75) is 361 Å². The van der Waals surface area contributed by atoms with Crippen molar-refractivity contribution in [3.05, 3.63) is 0 Å². The summed E-state index contributed by atoms with van der Waals surface area (Å²) in [6.45, 7) is 6.72. The van der Waals surface area contributed by atoms with E-state index < -0.39 is 6.10 Å². The topological polar surface area (TPSA) is 78.9 Å². The maximum atomic E-state index is 12.9. The predicted octanol–water partition coefficient (Wildman–Crippen LogP) is 20.3. The van der Waals surface area contributed by atoms with Crippen molar-refractivity contribution in [2.24, 2.45) is 0 Å². The van der Waals surface area contributed by atoms with E-state index in [0.717, 1.165) is 57.8 Å². The quantitative estimate of drug-likeness (QED) is 0.0343. The van der Waals surface area contributed by atoms with E-state index in [4.69, 9.17) is 14.2 Å². The maximum absolute atomic E-state index is 12.9. The lowest BCUT2D eigenvalue weighted by Crippen LogP contribution is -2.30. The van der Waals surface area contributed by atoms with E-state index in [1.54, 1.807) is 0 Å². The second-order valence-electron chi connectivity index (χ2n) is 21.0. The normalized spacial score (nSPS) is 11.9. The van der Waals surface area contributed by atoms with Gasteiger partial charge in [-0.15, -0.1) is 0 Å². The molecule has 0 fully saturated rings. The highest BCUT2D eigenvalue weighted by Crippen LogP contribution is 2.18. The van der Waals surface area contributed by atoms with Gasteiger partial charge in [-0.25, -0.2) is 0 Å². The van der Waals surface area contributed by atoms with Crippen molar-refractivity contribution in [1.82, 2.24) is 0 Å². The van der Waals surface area contributed by atoms with Crippen LogP contribution in [0, 0.1) is 0 Å². The van der Waals surface area contributed by atoms with Crippen molar-refractivity contribution in [3.8, 4) is 0 Å². The van der Waals surface area contributed by atoms with E-state index in [2.05, 4.69) is 20.8 Å². The molecule has 0 radical (unpaired) electrons. The van der Waals surface area contributed by atoms with E-state index in [1.807, 2.05) is 0 Å². The fourth-order valence-corrected chi connectivity index (χ4v) is 9.51. The first kappa shape index (κ1) is 65.4. The largest absolute Gasteiger partial charge is 0.462 e. The fraction of sp³-hybridized carbons (Fsp3) is 0.951. The summed E-state index contributed by atoms with van der Waals surface area (Å²) in [6.07, 6.45) is 63.9. The third-order valence-electron chi connectivity index (χ3n) is 14.1. The van der Waals surface area contributed by atoms with Gasteiger partial charge in [-0.2, -0.15) is 0 Å². The van der Waals surface area contributed by atoms with Gasteiger partial charge in [0.25, 0.3) is 0 Å². The summed E-state index contributed by atoms with van der Waals surface area (Å²) in [7, 11) is 0. The first-order valence-corrected chi connectivity index (χ1v) is 30.5. The number of hydrogen-bond acceptors (Lipinski definition) is 6. The van der Waals surface area contributed by atoms with E-state index in [1.165, 1.54) is 257 Å². The summed E-state index contributed by atoms with van der Waals surface area (Å²) in [4.78, 5) is 38.2. The molecule has 0 rings (SSSR count). The van der Waals surface area contributed by atoms with Gasteiger partial charge in [-0.3, -0.25) is 14.4 Å². The summed E-state index contributed by atoms with van der Waals surface area (Å²) < 4.78 is 16.9. The number of hydrogen-bond donors (Lipinski definition) is 0. The monoisotopic (exact) mass is 947 g/mol. The number of carbonyl (C=O) groups excluding carboxylic acids is 3. The average molecular weight is 948 g/mol. The Balaban J connectivity index is 4.23. The average Bonchev–Trinajstić information content (AvgIpc) is 3.33. The zero-order chi connectivity index (χ0) is 48.6. The molecule has 6 heteroatoms. The molecule has 6 nitrogen and oxygen atoms in total. The van der Waals surface area contributed by atoms with Crippen molar-refractivity contribution >= 4 is 17.9 Å². The van der Waals surface area contributed by atoms with Crippen LogP contribution in [-0.4, -0.2) is 37.2 Å². The number of esters is 3. The van der Waals surface area contributed by atoms with Crippen LogP contribution < -0.4 is 0 Å². The molecular formula is C61H118O6. The fourth-order valence-electron chi connectivity index (χ4n) is 9.51. The zero-order valence-corrected chi connectivity index (χ0v) is 45.7. The number of rotatable bonds is 57. The van der Waals surface area contributed by atoms with Gasteiger partial charge in [0, 0.05) is 19.3 Å². The Hall–Kier alpha value is -1.59. The number of ether oxygens (including phenoxy) is 3. The molecule has 1 unspecified atom stereocenters. The first-order valence-electron chi connectivity index (χ1n) is 30.5. The van der Waals surface area contributed by atoms with Crippen LogP contribution in [0.1, 0.15) is 355 Å². The molecule has 0 spiro atoms. The summed E-state index contributed by atoms with van der Waals surface area (Å²) in [5.41, 5.74) is 0. The lowest BCUT2D eigenvalue weighted by molar-refractivity contribution is -0.167. The third-order valence-corrected chi connectivity index (χ3v) is 14.1. The Morgan fingerprint density at radius 1 is 0.239 bits per heavy atom. The van der Waals surface area contributed by atoms with Crippen LogP contribution in [-0.2, 0) is 28.6 Å². The van der Waals surface area contributed by atoms with Crippen molar-refractivity contribution in [2.75, 3.05) is 13.2 Å². The minimum Gasteiger partial charge on any atom is -0.462 e. The Labute approximate surface area is 418 Å². The standard InChI is InChI=1S/C61H118O6/c1-4-7-10-13-16-19-22-25-27-28-29-30-31-32-34-36-39-42-45-48-51-54-60(63)66-57-58(56-65-59(62)53-50-47-44-41-38-35-24-21-18-15-12-9-6-3)67-61(64)55-52-49-46-43-40-37-33-26-23-20-17-14-11-8-5-2/h58H,4-57H2,1-3H3. The highest BCUT2D eigenvalue weighted by atomic mass is 16.6. The second-order valence-corrected chi connectivity index (χ2v) is 21.0. The molecular weight excluding hydrogens is 829 g/mol. The Bertz CT molecular complexity index is 998. The summed E-state index contributed by atoms with van der Waals surface area (Å²) in [5.74, 6) is -0.829. The molecule has 398 valence electrons. The Kier molecular flexibility index (Phi) is 55.6. The van der Waals surface area contributed by atoms with Crippen molar-refractivity contribution in [1.29, 1.82) is 0 Å². The van der Waals surface area contributed by atoms with Gasteiger partial charge < -0.3 is 14.2 Å². The molecule has 0 saturated carbocycles. The van der Waals surface area contributed by atoms with Crippen molar-refractivity contribution in [3.63, 3.8) is 0 Å². The lowest BCUT2D eigenvalue weighted by atomic mass is 10.0. The van der Waals surface area contributed by atoms with Crippen LogP contribution in [0.25, 0.3) is 0 Å². The molecule has 0 aliphatic carbocycles. The molecule has 0 aromatic carbocycles. The summed E-state index contributed by atoms with van der Waals surface area (Å²) in [5, 5.41) is 0. The van der Waals surface area contributed by atoms with Crippen LogP contribution in [0.4, 0.5) is 0 Å². The van der Waals surface area contributed by atoms with Crippen LogP contribution in [0.2, 0.25) is 0 Å². The second kappa shape index (κ2) is 57.0. The minimum atomic E-state index is -0.761. The van der Waals surface area contributed by atoms with Gasteiger partial charge in [0.15, 0.2) is 6.10 Å².